The van der Waals surface area contributed by atoms with Crippen molar-refractivity contribution in [3.05, 3.63) is 24.0 Å². The van der Waals surface area contributed by atoms with Crippen LogP contribution in [0, 0.1) is 5.41 Å². The molecule has 0 saturated carbocycles. The number of hydrogen-bond acceptors (Lipinski definition) is 2. The fraction of sp³-hybridized carbons (Fsp3) is 0.692. The number of aromatic nitrogens is 1. The molecular formula is C13H23N3. The van der Waals surface area contributed by atoms with E-state index >= 15 is 0 Å². The first kappa shape index (κ1) is 11.7. The molecule has 2 rings (SSSR count). The van der Waals surface area contributed by atoms with Gasteiger partial charge in [0.1, 0.15) is 0 Å². The largest absolute Gasteiger partial charge is 0.364 e. The summed E-state index contributed by atoms with van der Waals surface area (Å²) in [6, 6.07) is 4.79. The summed E-state index contributed by atoms with van der Waals surface area (Å²) < 4.78 is 0. The summed E-state index contributed by atoms with van der Waals surface area (Å²) in [7, 11) is 0. The van der Waals surface area contributed by atoms with Crippen molar-refractivity contribution in [1.29, 1.82) is 0 Å². The van der Waals surface area contributed by atoms with Crippen LogP contribution in [0.2, 0.25) is 0 Å². The third kappa shape index (κ3) is 2.47. The number of rotatable bonds is 2. The zero-order chi connectivity index (χ0) is 11.6. The minimum atomic E-state index is 0.266. The maximum atomic E-state index is 3.41. The Morgan fingerprint density at radius 1 is 1.25 bits per heavy atom. The molecule has 1 aromatic rings. The van der Waals surface area contributed by atoms with Crippen LogP contribution in [0.1, 0.15) is 32.5 Å². The highest BCUT2D eigenvalue weighted by Crippen LogP contribution is 2.37. The predicted molar refractivity (Wildman–Crippen MR) is 67.4 cm³/mol. The van der Waals surface area contributed by atoms with Gasteiger partial charge < -0.3 is 10.3 Å². The topological polar surface area (TPSA) is 31.1 Å². The highest BCUT2D eigenvalue weighted by molar-refractivity contribution is 5.12. The minimum absolute atomic E-state index is 0.266. The molecule has 1 fully saturated rings. The Labute approximate surface area is 98.2 Å². The van der Waals surface area contributed by atoms with Crippen LogP contribution in [-0.2, 0) is 0 Å². The molecule has 1 atom stereocenters. The summed E-state index contributed by atoms with van der Waals surface area (Å²) in [6.45, 7) is 11.4. The second-order valence-electron chi connectivity index (χ2n) is 5.68. The van der Waals surface area contributed by atoms with Crippen LogP contribution < -0.4 is 5.32 Å². The normalized spacial score (nSPS) is 20.9. The van der Waals surface area contributed by atoms with Gasteiger partial charge in [0.05, 0.1) is 6.04 Å². The quantitative estimate of drug-likeness (QED) is 0.800. The van der Waals surface area contributed by atoms with Crippen LogP contribution in [0.4, 0.5) is 0 Å². The zero-order valence-electron chi connectivity index (χ0n) is 10.6. The monoisotopic (exact) mass is 221 g/mol. The predicted octanol–water partition coefficient (Wildman–Crippen LogP) is 2.01. The molecule has 1 aromatic heterocycles. The number of nitrogens with zero attached hydrogens (tertiary/aromatic N) is 1. The smallest absolute Gasteiger partial charge is 0.0547 e. The van der Waals surface area contributed by atoms with Crippen LogP contribution >= 0.6 is 0 Å². The fourth-order valence-electron chi connectivity index (χ4n) is 2.67. The molecule has 90 valence electrons. The van der Waals surface area contributed by atoms with Crippen molar-refractivity contribution >= 4 is 0 Å². The van der Waals surface area contributed by atoms with Crippen LogP contribution in [0.15, 0.2) is 18.3 Å². The molecule has 2 heterocycles. The van der Waals surface area contributed by atoms with E-state index in [1.165, 1.54) is 5.69 Å². The average molecular weight is 221 g/mol. The van der Waals surface area contributed by atoms with E-state index < -0.39 is 0 Å². The highest BCUT2D eigenvalue weighted by Gasteiger charge is 2.32. The van der Waals surface area contributed by atoms with Gasteiger partial charge in [0.25, 0.3) is 0 Å². The summed E-state index contributed by atoms with van der Waals surface area (Å²) in [5, 5.41) is 3.41. The fourth-order valence-corrected chi connectivity index (χ4v) is 2.67. The standard InChI is InChI=1S/C13H23N3/c1-13(2,3)12(11-5-4-6-15-11)16-9-7-14-8-10-16/h4-6,12,14-15H,7-10H2,1-3H3/t12-/m1/s1. The maximum absolute atomic E-state index is 3.41. The first-order valence-corrected chi connectivity index (χ1v) is 6.17. The molecule has 1 saturated heterocycles. The Morgan fingerprint density at radius 2 is 1.94 bits per heavy atom. The molecule has 0 spiro atoms. The van der Waals surface area contributed by atoms with Crippen molar-refractivity contribution in [3.63, 3.8) is 0 Å². The molecule has 0 bridgehead atoms. The van der Waals surface area contributed by atoms with Gasteiger partial charge in [-0.1, -0.05) is 20.8 Å². The van der Waals surface area contributed by atoms with Crippen molar-refractivity contribution in [1.82, 2.24) is 15.2 Å². The molecular weight excluding hydrogens is 198 g/mol. The van der Waals surface area contributed by atoms with Gasteiger partial charge in [-0.25, -0.2) is 0 Å². The SMILES string of the molecule is CC(C)(C)[C@@H](c1ccc[nH]1)N1CCNCC1. The lowest BCUT2D eigenvalue weighted by Gasteiger charge is -2.41. The molecule has 1 aliphatic heterocycles. The van der Waals surface area contributed by atoms with E-state index in [2.05, 4.69) is 48.1 Å². The third-order valence-electron chi connectivity index (χ3n) is 3.25. The van der Waals surface area contributed by atoms with E-state index in [9.17, 15) is 0 Å². The summed E-state index contributed by atoms with van der Waals surface area (Å²) in [4.78, 5) is 5.96. The molecule has 1 aliphatic rings. The van der Waals surface area contributed by atoms with Gasteiger partial charge in [-0.15, -0.1) is 0 Å². The lowest BCUT2D eigenvalue weighted by atomic mass is 9.83. The van der Waals surface area contributed by atoms with E-state index in [-0.39, 0.29) is 5.41 Å². The Kier molecular flexibility index (Phi) is 3.36. The first-order valence-electron chi connectivity index (χ1n) is 6.17. The van der Waals surface area contributed by atoms with Crippen molar-refractivity contribution < 1.29 is 0 Å². The van der Waals surface area contributed by atoms with Crippen molar-refractivity contribution in [2.75, 3.05) is 26.2 Å². The molecule has 0 radical (unpaired) electrons. The second kappa shape index (κ2) is 4.60. The Bertz CT molecular complexity index is 304. The van der Waals surface area contributed by atoms with E-state index in [0.29, 0.717) is 6.04 Å². The van der Waals surface area contributed by atoms with Gasteiger partial charge in [0.15, 0.2) is 0 Å². The van der Waals surface area contributed by atoms with Gasteiger partial charge in [-0.05, 0) is 17.5 Å². The van der Waals surface area contributed by atoms with Crippen molar-refractivity contribution in [2.24, 2.45) is 5.41 Å². The molecule has 0 amide bonds. The second-order valence-corrected chi connectivity index (χ2v) is 5.68. The van der Waals surface area contributed by atoms with Gasteiger partial charge in [0.2, 0.25) is 0 Å². The van der Waals surface area contributed by atoms with E-state index in [4.69, 9.17) is 0 Å². The van der Waals surface area contributed by atoms with Crippen molar-refractivity contribution in [3.8, 4) is 0 Å². The number of piperazine rings is 1. The third-order valence-corrected chi connectivity index (χ3v) is 3.25. The van der Waals surface area contributed by atoms with Crippen LogP contribution in [0.25, 0.3) is 0 Å². The number of H-pyrrole nitrogens is 1. The summed E-state index contributed by atoms with van der Waals surface area (Å²) in [5.41, 5.74) is 1.61. The van der Waals surface area contributed by atoms with Crippen LogP contribution in [-0.4, -0.2) is 36.1 Å². The molecule has 2 N–H and O–H groups in total. The van der Waals surface area contributed by atoms with Gasteiger partial charge >= 0.3 is 0 Å². The summed E-state index contributed by atoms with van der Waals surface area (Å²) in [5.74, 6) is 0. The van der Waals surface area contributed by atoms with E-state index in [1.807, 2.05) is 6.20 Å². The van der Waals surface area contributed by atoms with E-state index in [0.717, 1.165) is 26.2 Å². The van der Waals surface area contributed by atoms with Crippen LogP contribution in [0.5, 0.6) is 0 Å². The Hall–Kier alpha value is -0.800. The molecule has 0 unspecified atom stereocenters. The first-order chi connectivity index (χ1) is 7.59. The lowest BCUT2D eigenvalue weighted by Crippen LogP contribution is -2.48. The summed E-state index contributed by atoms with van der Waals surface area (Å²) >= 11 is 0. The number of aromatic amines is 1. The Morgan fingerprint density at radius 3 is 2.44 bits per heavy atom. The van der Waals surface area contributed by atoms with Gasteiger partial charge in [0, 0.05) is 38.1 Å². The van der Waals surface area contributed by atoms with Crippen molar-refractivity contribution in [2.45, 2.75) is 26.8 Å². The molecule has 0 aromatic carbocycles. The lowest BCUT2D eigenvalue weighted by molar-refractivity contribution is 0.0835. The Balaban J connectivity index is 2.21. The zero-order valence-corrected chi connectivity index (χ0v) is 10.6. The molecule has 3 nitrogen and oxygen atoms in total. The molecule has 3 heteroatoms. The van der Waals surface area contributed by atoms with Gasteiger partial charge in [-0.3, -0.25) is 4.90 Å². The number of hydrogen-bond donors (Lipinski definition) is 2. The van der Waals surface area contributed by atoms with E-state index in [1.54, 1.807) is 0 Å². The number of nitrogens with one attached hydrogen (secondary N) is 2. The molecule has 16 heavy (non-hydrogen) atoms. The average Bonchev–Trinajstić information content (AvgIpc) is 2.71. The van der Waals surface area contributed by atoms with Gasteiger partial charge in [-0.2, -0.15) is 0 Å². The van der Waals surface area contributed by atoms with Crippen LogP contribution in [0.3, 0.4) is 0 Å². The minimum Gasteiger partial charge on any atom is -0.364 e. The summed E-state index contributed by atoms with van der Waals surface area (Å²) in [6.07, 6.45) is 2.02. The highest BCUT2D eigenvalue weighted by atomic mass is 15.2. The maximum Gasteiger partial charge on any atom is 0.0547 e. The molecule has 0 aliphatic carbocycles.